The van der Waals surface area contributed by atoms with Gasteiger partial charge in [0.25, 0.3) is 5.91 Å². The number of esters is 1. The van der Waals surface area contributed by atoms with Gasteiger partial charge >= 0.3 is 5.97 Å². The van der Waals surface area contributed by atoms with Crippen molar-refractivity contribution in [3.05, 3.63) is 58.6 Å². The number of carbonyl (C=O) groups excluding carboxylic acids is 2. The van der Waals surface area contributed by atoms with E-state index in [9.17, 15) is 9.59 Å². The monoisotopic (exact) mass is 338 g/mol. The molecule has 0 bridgehead atoms. The fourth-order valence-electron chi connectivity index (χ4n) is 2.82. The molecule has 0 aliphatic carbocycles. The molecule has 6 heteroatoms. The van der Waals surface area contributed by atoms with Crippen LogP contribution in [0.2, 0.25) is 0 Å². The Balaban J connectivity index is 1.54. The maximum absolute atomic E-state index is 12.5. The maximum Gasteiger partial charge on any atom is 0.339 e. The van der Waals surface area contributed by atoms with Crippen LogP contribution < -0.4 is 5.32 Å². The summed E-state index contributed by atoms with van der Waals surface area (Å²) in [6, 6.07) is 12.8. The molecular formula is C18H14N2O3S. The fourth-order valence-corrected chi connectivity index (χ4v) is 3.68. The van der Waals surface area contributed by atoms with Crippen molar-refractivity contribution in [1.82, 2.24) is 4.98 Å². The molecule has 2 aromatic carbocycles. The van der Waals surface area contributed by atoms with Gasteiger partial charge in [-0.15, -0.1) is 11.3 Å². The summed E-state index contributed by atoms with van der Waals surface area (Å²) in [5, 5.41) is 3.81. The van der Waals surface area contributed by atoms with Gasteiger partial charge in [0.2, 0.25) is 0 Å². The second-order valence-electron chi connectivity index (χ2n) is 5.66. The van der Waals surface area contributed by atoms with Crippen LogP contribution in [0.25, 0.3) is 10.2 Å². The number of carbonyl (C=O) groups is 2. The van der Waals surface area contributed by atoms with E-state index in [0.29, 0.717) is 17.7 Å². The Hall–Kier alpha value is -2.73. The molecule has 2 heterocycles. The largest absolute Gasteiger partial charge is 0.448 e. The molecule has 1 aromatic heterocycles. The Morgan fingerprint density at radius 2 is 2.12 bits per heavy atom. The first-order chi connectivity index (χ1) is 11.6. The summed E-state index contributed by atoms with van der Waals surface area (Å²) in [4.78, 5) is 28.9. The molecule has 0 fully saturated rings. The number of anilines is 1. The molecule has 0 saturated carbocycles. The summed E-state index contributed by atoms with van der Waals surface area (Å²) in [6.07, 6.45) is -0.429. The normalized spacial score (nSPS) is 16.5. The summed E-state index contributed by atoms with van der Waals surface area (Å²) in [6.45, 7) is 1.95. The van der Waals surface area contributed by atoms with Crippen LogP contribution >= 0.6 is 11.3 Å². The van der Waals surface area contributed by atoms with E-state index in [1.54, 1.807) is 29.5 Å². The zero-order valence-corrected chi connectivity index (χ0v) is 13.7. The lowest BCUT2D eigenvalue weighted by Gasteiger charge is -2.23. The van der Waals surface area contributed by atoms with Gasteiger partial charge in [-0.05, 0) is 36.8 Å². The SMILES string of the molecule is Cc1nc2ccc(NC(=O)[C@@H]3Cc4ccccc4C(=O)O3)cc2s1. The van der Waals surface area contributed by atoms with Crippen LogP contribution in [0, 0.1) is 6.92 Å². The van der Waals surface area contributed by atoms with Crippen molar-refractivity contribution in [1.29, 1.82) is 0 Å². The molecule has 120 valence electrons. The standard InChI is InChI=1S/C18H14N2O3S/c1-10-19-14-7-6-12(9-16(14)24-10)20-17(21)15-8-11-4-2-3-5-13(11)18(22)23-15/h2-7,9,15H,8H2,1H3,(H,20,21)/t15-/m0/s1. The highest BCUT2D eigenvalue weighted by molar-refractivity contribution is 7.18. The van der Waals surface area contributed by atoms with Gasteiger partial charge in [0, 0.05) is 12.1 Å². The molecular weight excluding hydrogens is 324 g/mol. The number of nitrogens with zero attached hydrogens (tertiary/aromatic N) is 1. The molecule has 4 rings (SSSR count). The summed E-state index contributed by atoms with van der Waals surface area (Å²) in [5.41, 5.74) is 2.95. The molecule has 1 aliphatic rings. The molecule has 1 atom stereocenters. The number of hydrogen-bond acceptors (Lipinski definition) is 5. The van der Waals surface area contributed by atoms with Crippen LogP contribution in [0.15, 0.2) is 42.5 Å². The first-order valence-corrected chi connectivity index (χ1v) is 8.39. The zero-order chi connectivity index (χ0) is 16.7. The average Bonchev–Trinajstić information content (AvgIpc) is 2.94. The number of nitrogens with one attached hydrogen (secondary N) is 1. The predicted octanol–water partition coefficient (Wildman–Crippen LogP) is 3.32. The van der Waals surface area contributed by atoms with Crippen LogP contribution in [-0.2, 0) is 16.0 Å². The Morgan fingerprint density at radius 1 is 1.29 bits per heavy atom. The minimum atomic E-state index is -0.814. The molecule has 5 nitrogen and oxygen atoms in total. The van der Waals surface area contributed by atoms with E-state index in [1.165, 1.54) is 0 Å². The molecule has 0 unspecified atom stereocenters. The van der Waals surface area contributed by atoms with Crippen LogP contribution in [0.3, 0.4) is 0 Å². The Labute approximate surface area is 142 Å². The minimum Gasteiger partial charge on any atom is -0.448 e. The Bertz CT molecular complexity index is 964. The third-order valence-corrected chi connectivity index (χ3v) is 4.88. The smallest absolute Gasteiger partial charge is 0.339 e. The van der Waals surface area contributed by atoms with Crippen LogP contribution in [0.1, 0.15) is 20.9 Å². The molecule has 24 heavy (non-hydrogen) atoms. The van der Waals surface area contributed by atoms with Crippen molar-refractivity contribution >= 4 is 39.1 Å². The summed E-state index contributed by atoms with van der Waals surface area (Å²) in [7, 11) is 0. The molecule has 1 N–H and O–H groups in total. The quantitative estimate of drug-likeness (QED) is 0.728. The first kappa shape index (κ1) is 14.8. The number of amides is 1. The molecule has 0 saturated heterocycles. The van der Waals surface area contributed by atoms with Crippen molar-refractivity contribution < 1.29 is 14.3 Å². The van der Waals surface area contributed by atoms with Crippen LogP contribution in [0.5, 0.6) is 0 Å². The second kappa shape index (κ2) is 5.72. The van der Waals surface area contributed by atoms with Gasteiger partial charge in [-0.2, -0.15) is 0 Å². The number of fused-ring (bicyclic) bond motifs is 2. The summed E-state index contributed by atoms with van der Waals surface area (Å²) < 4.78 is 6.29. The summed E-state index contributed by atoms with van der Waals surface area (Å²) in [5.74, 6) is -0.774. The van der Waals surface area contributed by atoms with E-state index >= 15 is 0 Å². The van der Waals surface area contributed by atoms with Gasteiger partial charge in [-0.1, -0.05) is 18.2 Å². The molecule has 0 radical (unpaired) electrons. The predicted molar refractivity (Wildman–Crippen MR) is 92.3 cm³/mol. The third kappa shape index (κ3) is 2.65. The van der Waals surface area contributed by atoms with Crippen molar-refractivity contribution in [3.8, 4) is 0 Å². The van der Waals surface area contributed by atoms with Crippen molar-refractivity contribution in [2.45, 2.75) is 19.4 Å². The third-order valence-electron chi connectivity index (χ3n) is 3.95. The lowest BCUT2D eigenvalue weighted by molar-refractivity contribution is -0.125. The van der Waals surface area contributed by atoms with Gasteiger partial charge < -0.3 is 10.1 Å². The van der Waals surface area contributed by atoms with Gasteiger partial charge in [-0.3, -0.25) is 4.79 Å². The summed E-state index contributed by atoms with van der Waals surface area (Å²) >= 11 is 1.57. The highest BCUT2D eigenvalue weighted by Crippen LogP contribution is 2.26. The number of hydrogen-bond donors (Lipinski definition) is 1. The lowest BCUT2D eigenvalue weighted by Crippen LogP contribution is -2.37. The highest BCUT2D eigenvalue weighted by Gasteiger charge is 2.31. The average molecular weight is 338 g/mol. The number of aromatic nitrogens is 1. The van der Waals surface area contributed by atoms with Crippen LogP contribution in [0.4, 0.5) is 5.69 Å². The lowest BCUT2D eigenvalue weighted by atomic mass is 9.98. The molecule has 3 aromatic rings. The van der Waals surface area contributed by atoms with Crippen molar-refractivity contribution in [2.24, 2.45) is 0 Å². The fraction of sp³-hybridized carbons (Fsp3) is 0.167. The van der Waals surface area contributed by atoms with E-state index in [0.717, 1.165) is 20.8 Å². The Kier molecular flexibility index (Phi) is 3.54. The Morgan fingerprint density at radius 3 is 3.00 bits per heavy atom. The van der Waals surface area contributed by atoms with Gasteiger partial charge in [-0.25, -0.2) is 9.78 Å². The highest BCUT2D eigenvalue weighted by atomic mass is 32.1. The van der Waals surface area contributed by atoms with Crippen molar-refractivity contribution in [2.75, 3.05) is 5.32 Å². The number of rotatable bonds is 2. The minimum absolute atomic E-state index is 0.321. The maximum atomic E-state index is 12.5. The van der Waals surface area contributed by atoms with E-state index in [2.05, 4.69) is 10.3 Å². The molecule has 1 aliphatic heterocycles. The van der Waals surface area contributed by atoms with Gasteiger partial charge in [0.15, 0.2) is 6.10 Å². The van der Waals surface area contributed by atoms with Crippen molar-refractivity contribution in [3.63, 3.8) is 0 Å². The number of benzene rings is 2. The second-order valence-corrected chi connectivity index (χ2v) is 6.89. The van der Waals surface area contributed by atoms with E-state index < -0.39 is 12.1 Å². The molecule has 0 spiro atoms. The van der Waals surface area contributed by atoms with E-state index in [1.807, 2.05) is 31.2 Å². The topological polar surface area (TPSA) is 68.3 Å². The number of ether oxygens (including phenoxy) is 1. The first-order valence-electron chi connectivity index (χ1n) is 7.57. The molecule has 1 amide bonds. The number of thiazole rings is 1. The van der Waals surface area contributed by atoms with Gasteiger partial charge in [0.1, 0.15) is 0 Å². The van der Waals surface area contributed by atoms with E-state index in [-0.39, 0.29) is 5.91 Å². The van der Waals surface area contributed by atoms with Crippen LogP contribution in [-0.4, -0.2) is 23.0 Å². The zero-order valence-electron chi connectivity index (χ0n) is 12.9. The number of cyclic esters (lactones) is 1. The van der Waals surface area contributed by atoms with Gasteiger partial charge in [0.05, 0.1) is 20.8 Å². The number of aryl methyl sites for hydroxylation is 1. The van der Waals surface area contributed by atoms with E-state index in [4.69, 9.17) is 4.74 Å².